The Morgan fingerprint density at radius 1 is 1.39 bits per heavy atom. The second-order valence-electron chi connectivity index (χ2n) is 5.69. The Morgan fingerprint density at radius 2 is 2.13 bits per heavy atom. The number of aromatic amines is 1. The Morgan fingerprint density at radius 3 is 2.83 bits per heavy atom. The molecule has 0 aliphatic carbocycles. The fraction of sp³-hybridized carbons (Fsp3) is 0.400. The lowest BCUT2D eigenvalue weighted by Crippen LogP contribution is -2.32. The number of hydrogen-bond acceptors (Lipinski definition) is 4. The van der Waals surface area contributed by atoms with Crippen molar-refractivity contribution in [3.8, 4) is 11.8 Å². The van der Waals surface area contributed by atoms with Crippen molar-refractivity contribution in [2.24, 2.45) is 0 Å². The third-order valence-electron chi connectivity index (χ3n) is 2.60. The summed E-state index contributed by atoms with van der Waals surface area (Å²) in [6.45, 7) is 5.81. The molecule has 0 saturated heterocycles. The van der Waals surface area contributed by atoms with Crippen LogP contribution < -0.4 is 5.32 Å². The van der Waals surface area contributed by atoms with Gasteiger partial charge in [0.25, 0.3) is 0 Å². The van der Waals surface area contributed by atoms with E-state index in [0.717, 1.165) is 0 Å². The van der Waals surface area contributed by atoms with Gasteiger partial charge in [-0.3, -0.25) is 0 Å². The topological polar surface area (TPSA) is 79.9 Å². The summed E-state index contributed by atoms with van der Waals surface area (Å²) >= 11 is 11.8. The van der Waals surface area contributed by atoms with Crippen LogP contribution in [-0.4, -0.2) is 33.2 Å². The average molecular weight is 355 g/mol. The molecular weight excluding hydrogens is 339 g/mol. The van der Waals surface area contributed by atoms with Crippen LogP contribution in [0.3, 0.4) is 0 Å². The zero-order valence-corrected chi connectivity index (χ0v) is 14.5. The molecule has 122 valence electrons. The molecule has 2 N–H and O–H groups in total. The van der Waals surface area contributed by atoms with Crippen LogP contribution in [0.1, 0.15) is 32.8 Å². The molecule has 0 aliphatic rings. The van der Waals surface area contributed by atoms with Crippen molar-refractivity contribution in [3.05, 3.63) is 22.2 Å². The first-order valence-corrected chi connectivity index (χ1v) is 7.68. The number of carbonyl (C=O) groups excluding carboxylic acids is 1. The monoisotopic (exact) mass is 354 g/mol. The van der Waals surface area contributed by atoms with Crippen LogP contribution >= 0.6 is 23.2 Å². The summed E-state index contributed by atoms with van der Waals surface area (Å²) in [5.41, 5.74) is 0.697. The summed E-state index contributed by atoms with van der Waals surface area (Å²) in [6, 6.07) is 0. The van der Waals surface area contributed by atoms with E-state index in [9.17, 15) is 4.79 Å². The lowest BCUT2D eigenvalue weighted by molar-refractivity contribution is 0.0529. The van der Waals surface area contributed by atoms with Crippen molar-refractivity contribution < 1.29 is 9.53 Å². The number of nitrogens with one attached hydrogen (secondary N) is 2. The van der Waals surface area contributed by atoms with Gasteiger partial charge in [0.2, 0.25) is 5.28 Å². The van der Waals surface area contributed by atoms with Crippen molar-refractivity contribution in [3.63, 3.8) is 0 Å². The third kappa shape index (κ3) is 5.02. The van der Waals surface area contributed by atoms with Gasteiger partial charge in [0.15, 0.2) is 0 Å². The molecule has 2 heterocycles. The number of carbonyl (C=O) groups is 1. The average Bonchev–Trinajstić information content (AvgIpc) is 2.79. The first-order chi connectivity index (χ1) is 10.8. The molecule has 0 aromatic carbocycles. The van der Waals surface area contributed by atoms with Crippen LogP contribution in [0.15, 0.2) is 6.20 Å². The van der Waals surface area contributed by atoms with Crippen molar-refractivity contribution in [1.29, 1.82) is 0 Å². The van der Waals surface area contributed by atoms with Crippen LogP contribution in [0.25, 0.3) is 11.0 Å². The number of ether oxygens (including phenoxy) is 1. The largest absolute Gasteiger partial charge is 0.444 e. The van der Waals surface area contributed by atoms with E-state index in [1.165, 1.54) is 0 Å². The molecule has 6 nitrogen and oxygen atoms in total. The molecule has 0 unspecified atom stereocenters. The van der Waals surface area contributed by atoms with Gasteiger partial charge in [0.05, 0.1) is 10.9 Å². The fourth-order valence-electron chi connectivity index (χ4n) is 1.76. The predicted octanol–water partition coefficient (Wildman–Crippen LogP) is 3.53. The van der Waals surface area contributed by atoms with E-state index in [1.807, 2.05) is 20.8 Å². The van der Waals surface area contributed by atoms with Crippen molar-refractivity contribution >= 4 is 40.3 Å². The quantitative estimate of drug-likeness (QED) is 0.374. The van der Waals surface area contributed by atoms with Gasteiger partial charge in [-0.05, 0) is 32.4 Å². The Labute approximate surface area is 143 Å². The molecule has 0 bridgehead atoms. The maximum Gasteiger partial charge on any atom is 0.407 e. The number of halogens is 2. The van der Waals surface area contributed by atoms with Gasteiger partial charge in [-0.1, -0.05) is 23.4 Å². The highest BCUT2D eigenvalue weighted by Crippen LogP contribution is 2.24. The van der Waals surface area contributed by atoms with Gasteiger partial charge in [0, 0.05) is 19.2 Å². The molecule has 0 atom stereocenters. The minimum atomic E-state index is -0.516. The molecular formula is C15H16Cl2N4O2. The first kappa shape index (κ1) is 17.4. The van der Waals surface area contributed by atoms with Gasteiger partial charge in [-0.15, -0.1) is 0 Å². The maximum atomic E-state index is 11.5. The van der Waals surface area contributed by atoms with Crippen LogP contribution in [0.5, 0.6) is 0 Å². The standard InChI is InChI=1S/C15H16Cl2N4O2/c1-15(2,3)23-14(22)18-7-5-4-6-9-8-19-12-10(9)11(16)20-13(17)21-12/h8H,5,7H2,1-3H3,(H,18,22)(H,19,20,21). The molecule has 8 heteroatoms. The number of nitrogens with zero attached hydrogens (tertiary/aromatic N) is 2. The molecule has 0 spiro atoms. The van der Waals surface area contributed by atoms with E-state index >= 15 is 0 Å². The van der Waals surface area contributed by atoms with Crippen LogP contribution in [0.2, 0.25) is 10.4 Å². The zero-order chi connectivity index (χ0) is 17.0. The lowest BCUT2D eigenvalue weighted by Gasteiger charge is -2.19. The van der Waals surface area contributed by atoms with E-state index < -0.39 is 11.7 Å². The Balaban J connectivity index is 1.95. The fourth-order valence-corrected chi connectivity index (χ4v) is 2.24. The number of H-pyrrole nitrogens is 1. The van der Waals surface area contributed by atoms with Crippen LogP contribution in [0.4, 0.5) is 4.79 Å². The minimum absolute atomic E-state index is 0.0745. The van der Waals surface area contributed by atoms with E-state index in [4.69, 9.17) is 27.9 Å². The van der Waals surface area contributed by atoms with Gasteiger partial charge >= 0.3 is 6.09 Å². The van der Waals surface area contributed by atoms with E-state index in [-0.39, 0.29) is 10.4 Å². The van der Waals surface area contributed by atoms with E-state index in [1.54, 1.807) is 6.20 Å². The Kier molecular flexibility index (Phi) is 5.34. The second-order valence-corrected chi connectivity index (χ2v) is 6.39. The molecule has 2 rings (SSSR count). The highest BCUT2D eigenvalue weighted by atomic mass is 35.5. The van der Waals surface area contributed by atoms with E-state index in [0.29, 0.717) is 29.6 Å². The highest BCUT2D eigenvalue weighted by Gasteiger charge is 2.15. The van der Waals surface area contributed by atoms with Gasteiger partial charge in [0.1, 0.15) is 16.4 Å². The summed E-state index contributed by atoms with van der Waals surface area (Å²) in [5, 5.41) is 3.59. The van der Waals surface area contributed by atoms with Gasteiger partial charge < -0.3 is 15.0 Å². The normalized spacial score (nSPS) is 11.0. The number of amides is 1. The summed E-state index contributed by atoms with van der Waals surface area (Å²) in [4.78, 5) is 22.3. The number of fused-ring (bicyclic) bond motifs is 1. The molecule has 0 fully saturated rings. The van der Waals surface area contributed by atoms with Crippen LogP contribution in [-0.2, 0) is 4.74 Å². The lowest BCUT2D eigenvalue weighted by atomic mass is 10.2. The smallest absolute Gasteiger partial charge is 0.407 e. The second kappa shape index (κ2) is 7.07. The zero-order valence-electron chi connectivity index (χ0n) is 13.0. The molecule has 23 heavy (non-hydrogen) atoms. The van der Waals surface area contributed by atoms with Gasteiger partial charge in [-0.2, -0.15) is 4.98 Å². The summed E-state index contributed by atoms with van der Waals surface area (Å²) in [7, 11) is 0. The predicted molar refractivity (Wildman–Crippen MR) is 89.6 cm³/mol. The number of aromatic nitrogens is 3. The third-order valence-corrected chi connectivity index (χ3v) is 3.04. The first-order valence-electron chi connectivity index (χ1n) is 6.92. The summed E-state index contributed by atoms with van der Waals surface area (Å²) < 4.78 is 5.13. The molecule has 0 saturated carbocycles. The molecule has 0 aliphatic heterocycles. The summed E-state index contributed by atoms with van der Waals surface area (Å²) in [6.07, 6.45) is 1.70. The van der Waals surface area contributed by atoms with Crippen molar-refractivity contribution in [1.82, 2.24) is 20.3 Å². The molecule has 2 aromatic rings. The molecule has 1 amide bonds. The Hall–Kier alpha value is -1.97. The maximum absolute atomic E-state index is 11.5. The minimum Gasteiger partial charge on any atom is -0.444 e. The number of hydrogen-bond donors (Lipinski definition) is 2. The van der Waals surface area contributed by atoms with Crippen molar-refractivity contribution in [2.45, 2.75) is 32.8 Å². The molecule has 0 radical (unpaired) electrons. The van der Waals surface area contributed by atoms with E-state index in [2.05, 4.69) is 32.1 Å². The summed E-state index contributed by atoms with van der Waals surface area (Å²) in [5.74, 6) is 5.92. The van der Waals surface area contributed by atoms with Gasteiger partial charge in [-0.25, -0.2) is 9.78 Å². The molecule has 2 aromatic heterocycles. The SMILES string of the molecule is CC(C)(C)OC(=O)NCCC#Cc1c[nH]c2nc(Cl)nc(Cl)c12. The Bertz CT molecular complexity index is 784. The number of alkyl carbamates (subject to hydrolysis) is 1. The van der Waals surface area contributed by atoms with Crippen LogP contribution in [0, 0.1) is 11.8 Å². The number of rotatable bonds is 2. The van der Waals surface area contributed by atoms with Crippen molar-refractivity contribution in [2.75, 3.05) is 6.54 Å². The highest BCUT2D eigenvalue weighted by molar-refractivity contribution is 6.36.